The van der Waals surface area contributed by atoms with E-state index in [1.165, 1.54) is 19.2 Å². The van der Waals surface area contributed by atoms with Crippen molar-refractivity contribution in [1.82, 2.24) is 14.5 Å². The number of hydrogen-bond acceptors (Lipinski definition) is 4. The number of aliphatic carboxylic acids is 1. The SMILES string of the molecule is COC(=O)N1CCc2ccc3c(nc(-c4cccc(CC(=O)O)c4)n3[C@@H](C)Cc3cc(F)cc(F)c3)c2C1. The standard InChI is InChI=1S/C29H27F2N3O4/c1-17(10-19-12-22(30)15-23(31)13-19)34-25-7-6-20-8-9-33(29(37)38-2)16-24(20)27(25)32-28(34)21-5-3-4-18(11-21)14-26(35)36/h3-7,11-13,15,17H,8-10,14,16H2,1-2H3,(H,35,36)/t17-/m0/s1. The van der Waals surface area contributed by atoms with E-state index in [1.54, 1.807) is 23.1 Å². The van der Waals surface area contributed by atoms with Gasteiger partial charge in [0.2, 0.25) is 0 Å². The monoisotopic (exact) mass is 519 g/mol. The summed E-state index contributed by atoms with van der Waals surface area (Å²) >= 11 is 0. The Kier molecular flexibility index (Phi) is 6.84. The molecule has 0 spiro atoms. The van der Waals surface area contributed by atoms with Crippen molar-refractivity contribution in [2.75, 3.05) is 13.7 Å². The molecule has 9 heteroatoms. The third-order valence-electron chi connectivity index (χ3n) is 6.93. The van der Waals surface area contributed by atoms with Crippen LogP contribution in [0.2, 0.25) is 0 Å². The molecule has 0 fully saturated rings. The number of carboxylic acids is 1. The van der Waals surface area contributed by atoms with E-state index in [2.05, 4.69) is 0 Å². The van der Waals surface area contributed by atoms with Crippen molar-refractivity contribution in [3.63, 3.8) is 0 Å². The van der Waals surface area contributed by atoms with Crippen LogP contribution in [0.15, 0.2) is 54.6 Å². The number of halogens is 2. The quantitative estimate of drug-likeness (QED) is 0.362. The predicted octanol–water partition coefficient (Wildman–Crippen LogP) is 5.54. The Hall–Kier alpha value is -4.27. The fraction of sp³-hybridized carbons (Fsp3) is 0.276. The van der Waals surface area contributed by atoms with E-state index in [0.29, 0.717) is 42.9 Å². The Labute approximate surface area is 218 Å². The maximum Gasteiger partial charge on any atom is 0.409 e. The van der Waals surface area contributed by atoms with Crippen LogP contribution >= 0.6 is 0 Å². The van der Waals surface area contributed by atoms with Crippen molar-refractivity contribution in [3.8, 4) is 11.4 Å². The van der Waals surface area contributed by atoms with E-state index in [1.807, 2.05) is 29.7 Å². The van der Waals surface area contributed by atoms with Gasteiger partial charge in [-0.2, -0.15) is 0 Å². The van der Waals surface area contributed by atoms with E-state index in [4.69, 9.17) is 9.72 Å². The molecule has 0 bridgehead atoms. The van der Waals surface area contributed by atoms with Crippen molar-refractivity contribution < 1.29 is 28.2 Å². The molecule has 0 aliphatic carbocycles. The highest BCUT2D eigenvalue weighted by molar-refractivity contribution is 5.86. The van der Waals surface area contributed by atoms with Gasteiger partial charge in [0.15, 0.2) is 0 Å². The van der Waals surface area contributed by atoms with Crippen molar-refractivity contribution in [1.29, 1.82) is 0 Å². The molecule has 38 heavy (non-hydrogen) atoms. The summed E-state index contributed by atoms with van der Waals surface area (Å²) in [6.07, 6.45) is 0.466. The first-order valence-electron chi connectivity index (χ1n) is 12.3. The molecule has 1 aliphatic heterocycles. The minimum atomic E-state index is -0.936. The van der Waals surface area contributed by atoms with Gasteiger partial charge in [0, 0.05) is 29.8 Å². The van der Waals surface area contributed by atoms with Gasteiger partial charge >= 0.3 is 12.1 Å². The van der Waals surface area contributed by atoms with Gasteiger partial charge in [-0.3, -0.25) is 4.79 Å². The number of ether oxygens (including phenoxy) is 1. The normalized spacial score (nSPS) is 13.8. The van der Waals surface area contributed by atoms with E-state index < -0.39 is 23.7 Å². The number of benzene rings is 3. The second-order valence-electron chi connectivity index (χ2n) is 9.62. The van der Waals surface area contributed by atoms with Crippen molar-refractivity contribution in [2.45, 2.75) is 38.8 Å². The highest BCUT2D eigenvalue weighted by Crippen LogP contribution is 2.35. The lowest BCUT2D eigenvalue weighted by atomic mass is 9.98. The first-order chi connectivity index (χ1) is 18.2. The van der Waals surface area contributed by atoms with Crippen LogP contribution in [-0.2, 0) is 35.3 Å². The number of imidazole rings is 1. The lowest BCUT2D eigenvalue weighted by molar-refractivity contribution is -0.136. The maximum atomic E-state index is 13.9. The summed E-state index contributed by atoms with van der Waals surface area (Å²) in [4.78, 5) is 30.3. The fourth-order valence-electron chi connectivity index (χ4n) is 5.29. The summed E-state index contributed by atoms with van der Waals surface area (Å²) in [5.74, 6) is -1.60. The molecule has 196 valence electrons. The number of methoxy groups -OCH3 is 1. The van der Waals surface area contributed by atoms with Crippen LogP contribution in [0.5, 0.6) is 0 Å². The van der Waals surface area contributed by atoms with Gasteiger partial charge in [-0.25, -0.2) is 18.6 Å². The minimum absolute atomic E-state index is 0.129. The molecule has 1 amide bonds. The number of carbonyl (C=O) groups is 2. The van der Waals surface area contributed by atoms with Crippen molar-refractivity contribution in [3.05, 3.63) is 88.5 Å². The average molecular weight is 520 g/mol. The van der Waals surface area contributed by atoms with Crippen LogP contribution in [0.25, 0.3) is 22.4 Å². The van der Waals surface area contributed by atoms with Gasteiger partial charge in [0.25, 0.3) is 0 Å². The van der Waals surface area contributed by atoms with E-state index in [-0.39, 0.29) is 12.5 Å². The first kappa shape index (κ1) is 25.4. The second-order valence-corrected chi connectivity index (χ2v) is 9.62. The number of nitrogens with zero attached hydrogens (tertiary/aromatic N) is 3. The van der Waals surface area contributed by atoms with Crippen LogP contribution in [0.4, 0.5) is 13.6 Å². The number of hydrogen-bond donors (Lipinski definition) is 1. The van der Waals surface area contributed by atoms with Gasteiger partial charge < -0.3 is 19.3 Å². The smallest absolute Gasteiger partial charge is 0.409 e. The Balaban J connectivity index is 1.66. The molecule has 1 N–H and O–H groups in total. The van der Waals surface area contributed by atoms with Crippen LogP contribution < -0.4 is 0 Å². The lowest BCUT2D eigenvalue weighted by Gasteiger charge is -2.28. The van der Waals surface area contributed by atoms with Gasteiger partial charge in [0.1, 0.15) is 17.5 Å². The van der Waals surface area contributed by atoms with E-state index in [9.17, 15) is 23.5 Å². The molecule has 4 aromatic rings. The molecule has 0 saturated heterocycles. The molecular formula is C29H27F2N3O4. The minimum Gasteiger partial charge on any atom is -0.481 e. The van der Waals surface area contributed by atoms with Crippen molar-refractivity contribution in [2.24, 2.45) is 0 Å². The van der Waals surface area contributed by atoms with Gasteiger partial charge in [0.05, 0.1) is 31.1 Å². The zero-order chi connectivity index (χ0) is 27.0. The predicted molar refractivity (Wildman–Crippen MR) is 138 cm³/mol. The number of carbonyl (C=O) groups excluding carboxylic acids is 1. The highest BCUT2D eigenvalue weighted by atomic mass is 19.1. The van der Waals surface area contributed by atoms with E-state index >= 15 is 0 Å². The Bertz CT molecular complexity index is 1530. The molecule has 1 atom stereocenters. The molecule has 0 radical (unpaired) electrons. The zero-order valence-electron chi connectivity index (χ0n) is 21.1. The number of carboxylic acid groups (broad SMARTS) is 1. The third kappa shape index (κ3) is 4.96. The van der Waals surface area contributed by atoms with Crippen molar-refractivity contribution >= 4 is 23.1 Å². The average Bonchev–Trinajstić information content (AvgIpc) is 3.27. The summed E-state index contributed by atoms with van der Waals surface area (Å²) in [5.41, 5.74) is 5.43. The fourth-order valence-corrected chi connectivity index (χ4v) is 5.29. The molecule has 7 nitrogen and oxygen atoms in total. The molecule has 3 aromatic carbocycles. The second kappa shape index (κ2) is 10.2. The summed E-state index contributed by atoms with van der Waals surface area (Å²) in [6, 6.07) is 14.5. The van der Waals surface area contributed by atoms with Crippen LogP contribution in [-0.4, -0.2) is 45.3 Å². The Morgan fingerprint density at radius 2 is 1.84 bits per heavy atom. The molecule has 0 saturated carbocycles. The Morgan fingerprint density at radius 3 is 2.55 bits per heavy atom. The number of fused-ring (bicyclic) bond motifs is 3. The summed E-state index contributed by atoms with van der Waals surface area (Å²) in [7, 11) is 1.35. The number of amides is 1. The molecular weight excluding hydrogens is 492 g/mol. The molecule has 5 rings (SSSR count). The molecule has 1 aromatic heterocycles. The zero-order valence-corrected chi connectivity index (χ0v) is 21.1. The summed E-state index contributed by atoms with van der Waals surface area (Å²) in [5, 5.41) is 9.29. The molecule has 1 aliphatic rings. The van der Waals surface area contributed by atoms with E-state index in [0.717, 1.165) is 33.8 Å². The summed E-state index contributed by atoms with van der Waals surface area (Å²) < 4.78 is 34.8. The van der Waals surface area contributed by atoms with Gasteiger partial charge in [-0.05, 0) is 60.7 Å². The number of rotatable bonds is 6. The Morgan fingerprint density at radius 1 is 1.08 bits per heavy atom. The topological polar surface area (TPSA) is 84.7 Å². The highest BCUT2D eigenvalue weighted by Gasteiger charge is 2.27. The number of aromatic nitrogens is 2. The van der Waals surface area contributed by atoms with Gasteiger partial charge in [-0.1, -0.05) is 24.3 Å². The molecule has 0 unspecified atom stereocenters. The van der Waals surface area contributed by atoms with Crippen LogP contribution in [0.3, 0.4) is 0 Å². The largest absolute Gasteiger partial charge is 0.481 e. The summed E-state index contributed by atoms with van der Waals surface area (Å²) in [6.45, 7) is 2.84. The third-order valence-corrected chi connectivity index (χ3v) is 6.93. The van der Waals surface area contributed by atoms with Crippen LogP contribution in [0, 0.1) is 11.6 Å². The molecule has 2 heterocycles. The van der Waals surface area contributed by atoms with Gasteiger partial charge in [-0.15, -0.1) is 0 Å². The van der Waals surface area contributed by atoms with Crippen LogP contribution in [0.1, 0.15) is 35.2 Å². The first-order valence-corrected chi connectivity index (χ1v) is 12.3. The lowest BCUT2D eigenvalue weighted by Crippen LogP contribution is -2.35. The maximum absolute atomic E-state index is 13.9.